The van der Waals surface area contributed by atoms with Crippen LogP contribution in [0.25, 0.3) is 0 Å². The van der Waals surface area contributed by atoms with Crippen LogP contribution in [0, 0.1) is 22.0 Å². The predicted octanol–water partition coefficient (Wildman–Crippen LogP) is 3.48. The molecule has 3 rings (SSSR count). The van der Waals surface area contributed by atoms with Crippen LogP contribution < -0.4 is 10.2 Å². The average Bonchev–Trinajstić information content (AvgIpc) is 2.91. The van der Waals surface area contributed by atoms with Gasteiger partial charge in [-0.15, -0.1) is 0 Å². The quantitative estimate of drug-likeness (QED) is 0.512. The molecule has 2 fully saturated rings. The van der Waals surface area contributed by atoms with Gasteiger partial charge in [0.25, 0.3) is 5.69 Å². The van der Waals surface area contributed by atoms with Crippen LogP contribution >= 0.6 is 0 Å². The van der Waals surface area contributed by atoms with Gasteiger partial charge in [0.05, 0.1) is 10.6 Å². The Morgan fingerprint density at radius 3 is 2.48 bits per heavy atom. The summed E-state index contributed by atoms with van der Waals surface area (Å²) in [6, 6.07) is 4.72. The Labute approximate surface area is 146 Å². The van der Waals surface area contributed by atoms with Crippen molar-refractivity contribution in [3.05, 3.63) is 28.3 Å². The number of carbonyl (C=O) groups is 2. The Hall–Kier alpha value is -2.44. The summed E-state index contributed by atoms with van der Waals surface area (Å²) in [5, 5.41) is 14.8. The van der Waals surface area contributed by atoms with Crippen molar-refractivity contribution in [3.8, 4) is 0 Å². The van der Waals surface area contributed by atoms with Gasteiger partial charge in [0, 0.05) is 24.9 Å². The van der Waals surface area contributed by atoms with Crippen LogP contribution in [0.3, 0.4) is 0 Å². The number of nitrogens with one attached hydrogen (secondary N) is 1. The maximum atomic E-state index is 11.9. The monoisotopic (exact) mass is 345 g/mol. The molecule has 0 aromatic heterocycles. The molecular weight excluding hydrogens is 322 g/mol. The van der Waals surface area contributed by atoms with Crippen molar-refractivity contribution >= 4 is 28.9 Å². The number of rotatable bonds is 4. The third kappa shape index (κ3) is 3.36. The van der Waals surface area contributed by atoms with Crippen molar-refractivity contribution in [3.63, 3.8) is 0 Å². The lowest BCUT2D eigenvalue weighted by Crippen LogP contribution is -2.35. The van der Waals surface area contributed by atoms with E-state index in [1.807, 2.05) is 0 Å². The Bertz CT molecular complexity index is 702. The van der Waals surface area contributed by atoms with Gasteiger partial charge in [-0.25, -0.2) is 0 Å². The van der Waals surface area contributed by atoms with E-state index in [0.29, 0.717) is 17.5 Å². The number of imide groups is 1. The number of nitro benzene ring substituents is 1. The molecule has 134 valence electrons. The lowest BCUT2D eigenvalue weighted by molar-refractivity contribution is -0.383. The van der Waals surface area contributed by atoms with E-state index in [0.717, 1.165) is 17.7 Å². The van der Waals surface area contributed by atoms with E-state index in [1.165, 1.54) is 12.5 Å². The summed E-state index contributed by atoms with van der Waals surface area (Å²) in [6.45, 7) is 4.38. The standard InChI is InChI=1S/C18H23N3O4/c1-11-4-3-5-14(12(11)2)19-15-7-6-13(10-16(15)21(24)25)20-17(22)8-9-18(20)23/h6-7,10-12,14,19H,3-5,8-9H2,1-2H3/t11-,12+,14-/m1/s1. The highest BCUT2D eigenvalue weighted by Crippen LogP contribution is 2.36. The first-order valence-electron chi connectivity index (χ1n) is 8.79. The second-order valence-electron chi connectivity index (χ2n) is 7.10. The number of nitro groups is 1. The molecule has 25 heavy (non-hydrogen) atoms. The highest BCUT2D eigenvalue weighted by molar-refractivity contribution is 6.20. The van der Waals surface area contributed by atoms with E-state index in [2.05, 4.69) is 19.2 Å². The van der Waals surface area contributed by atoms with Crippen LogP contribution in [0.15, 0.2) is 18.2 Å². The van der Waals surface area contributed by atoms with Gasteiger partial charge in [-0.1, -0.05) is 26.7 Å². The molecule has 1 saturated heterocycles. The van der Waals surface area contributed by atoms with Crippen molar-refractivity contribution in [2.75, 3.05) is 10.2 Å². The minimum absolute atomic E-state index is 0.101. The number of nitrogens with zero attached hydrogens (tertiary/aromatic N) is 2. The molecule has 2 aliphatic rings. The molecule has 0 radical (unpaired) electrons. The molecule has 1 saturated carbocycles. The second-order valence-corrected chi connectivity index (χ2v) is 7.10. The molecule has 1 aliphatic carbocycles. The third-order valence-electron chi connectivity index (χ3n) is 5.54. The molecular formula is C18H23N3O4. The first-order valence-corrected chi connectivity index (χ1v) is 8.79. The van der Waals surface area contributed by atoms with Crippen LogP contribution in [-0.4, -0.2) is 22.8 Å². The Balaban J connectivity index is 1.88. The van der Waals surface area contributed by atoms with Gasteiger partial charge in [-0.2, -0.15) is 0 Å². The normalized spacial score (nSPS) is 26.8. The molecule has 0 spiro atoms. The van der Waals surface area contributed by atoms with Crippen LogP contribution in [0.2, 0.25) is 0 Å². The minimum atomic E-state index is -0.465. The third-order valence-corrected chi connectivity index (χ3v) is 5.54. The number of hydrogen-bond donors (Lipinski definition) is 1. The van der Waals surface area contributed by atoms with Crippen LogP contribution in [0.4, 0.5) is 17.1 Å². The van der Waals surface area contributed by atoms with Gasteiger partial charge < -0.3 is 5.32 Å². The zero-order valence-corrected chi connectivity index (χ0v) is 14.5. The average molecular weight is 345 g/mol. The van der Waals surface area contributed by atoms with E-state index in [4.69, 9.17) is 0 Å². The summed E-state index contributed by atoms with van der Waals surface area (Å²) in [5.74, 6) is 0.378. The van der Waals surface area contributed by atoms with E-state index in [9.17, 15) is 19.7 Å². The molecule has 0 unspecified atom stereocenters. The van der Waals surface area contributed by atoms with E-state index in [1.54, 1.807) is 12.1 Å². The highest BCUT2D eigenvalue weighted by atomic mass is 16.6. The summed E-state index contributed by atoms with van der Waals surface area (Å²) in [7, 11) is 0. The van der Waals surface area contributed by atoms with Gasteiger partial charge in [-0.3, -0.25) is 24.6 Å². The summed E-state index contributed by atoms with van der Waals surface area (Å²) in [5.41, 5.74) is 0.615. The van der Waals surface area contributed by atoms with E-state index < -0.39 is 4.92 Å². The van der Waals surface area contributed by atoms with Crippen LogP contribution in [0.5, 0.6) is 0 Å². The number of hydrogen-bond acceptors (Lipinski definition) is 5. The summed E-state index contributed by atoms with van der Waals surface area (Å²) in [4.78, 5) is 35.8. The molecule has 3 atom stereocenters. The van der Waals surface area contributed by atoms with Crippen LogP contribution in [-0.2, 0) is 9.59 Å². The first-order chi connectivity index (χ1) is 11.9. The van der Waals surface area contributed by atoms with E-state index in [-0.39, 0.29) is 42.1 Å². The van der Waals surface area contributed by atoms with Crippen molar-refractivity contribution in [1.29, 1.82) is 0 Å². The Morgan fingerprint density at radius 2 is 1.84 bits per heavy atom. The van der Waals surface area contributed by atoms with Gasteiger partial charge in [-0.05, 0) is 30.4 Å². The largest absolute Gasteiger partial charge is 0.376 e. The molecule has 0 bridgehead atoms. The molecule has 1 N–H and O–H groups in total. The molecule has 1 heterocycles. The number of amides is 2. The fraction of sp³-hybridized carbons (Fsp3) is 0.556. The molecule has 1 aromatic rings. The van der Waals surface area contributed by atoms with Gasteiger partial charge >= 0.3 is 0 Å². The molecule has 7 nitrogen and oxygen atoms in total. The zero-order valence-electron chi connectivity index (χ0n) is 14.5. The minimum Gasteiger partial charge on any atom is -0.376 e. The van der Waals surface area contributed by atoms with Crippen molar-refractivity contribution in [2.24, 2.45) is 11.8 Å². The van der Waals surface area contributed by atoms with Crippen molar-refractivity contribution in [2.45, 2.75) is 52.0 Å². The SMILES string of the molecule is C[C@H]1[C@H](C)CCC[C@H]1Nc1ccc(N2C(=O)CCC2=O)cc1[N+](=O)[O-]. The van der Waals surface area contributed by atoms with Gasteiger partial charge in [0.2, 0.25) is 11.8 Å². The smallest absolute Gasteiger partial charge is 0.294 e. The van der Waals surface area contributed by atoms with E-state index >= 15 is 0 Å². The first kappa shape index (κ1) is 17.4. The Morgan fingerprint density at radius 1 is 1.16 bits per heavy atom. The topological polar surface area (TPSA) is 92.6 Å². The molecule has 7 heteroatoms. The van der Waals surface area contributed by atoms with Gasteiger partial charge in [0.15, 0.2) is 0 Å². The number of carbonyl (C=O) groups excluding carboxylic acids is 2. The summed E-state index contributed by atoms with van der Waals surface area (Å²) >= 11 is 0. The molecule has 1 aliphatic heterocycles. The van der Waals surface area contributed by atoms with Crippen LogP contribution in [0.1, 0.15) is 46.0 Å². The molecule has 2 amide bonds. The maximum absolute atomic E-state index is 11.9. The summed E-state index contributed by atoms with van der Waals surface area (Å²) < 4.78 is 0. The lowest BCUT2D eigenvalue weighted by atomic mass is 9.78. The fourth-order valence-electron chi connectivity index (χ4n) is 3.78. The lowest BCUT2D eigenvalue weighted by Gasteiger charge is -2.35. The fourth-order valence-corrected chi connectivity index (χ4v) is 3.78. The molecule has 1 aromatic carbocycles. The predicted molar refractivity (Wildman–Crippen MR) is 94.4 cm³/mol. The highest BCUT2D eigenvalue weighted by Gasteiger charge is 2.33. The van der Waals surface area contributed by atoms with Gasteiger partial charge in [0.1, 0.15) is 5.69 Å². The van der Waals surface area contributed by atoms with Crippen molar-refractivity contribution in [1.82, 2.24) is 0 Å². The number of benzene rings is 1. The zero-order chi connectivity index (χ0) is 18.1. The van der Waals surface area contributed by atoms with Crippen molar-refractivity contribution < 1.29 is 14.5 Å². The number of anilines is 2. The Kier molecular flexibility index (Phi) is 4.74. The maximum Gasteiger partial charge on any atom is 0.294 e. The second kappa shape index (κ2) is 6.82. The summed E-state index contributed by atoms with van der Waals surface area (Å²) in [6.07, 6.45) is 3.58.